The van der Waals surface area contributed by atoms with Crippen LogP contribution in [0.4, 0.5) is 0 Å². The lowest BCUT2D eigenvalue weighted by atomic mass is 10.4. The minimum atomic E-state index is -4.00. The van der Waals surface area contributed by atoms with Gasteiger partial charge in [-0.3, -0.25) is 4.55 Å². The molecular formula is C14H17N3O5S. The molecule has 1 aliphatic heterocycles. The number of rotatable bonds is 3. The van der Waals surface area contributed by atoms with Crippen LogP contribution in [-0.4, -0.2) is 35.5 Å². The van der Waals surface area contributed by atoms with Gasteiger partial charge in [-0.2, -0.15) is 8.42 Å². The average Bonchev–Trinajstić information content (AvgIpc) is 3.09. The van der Waals surface area contributed by atoms with E-state index in [1.54, 1.807) is 25.1 Å². The van der Waals surface area contributed by atoms with Crippen molar-refractivity contribution in [3.05, 3.63) is 47.5 Å². The minimum absolute atomic E-state index is 0.0741. The first kappa shape index (κ1) is 17.1. The summed E-state index contributed by atoms with van der Waals surface area (Å²) >= 11 is 0. The number of nitrogens with zero attached hydrogens (tertiary/aromatic N) is 1. The molecule has 2 heterocycles. The SMILES string of the molecule is CCOC(=O)c1nc2c([nH]1)CNC2.O=S(=O)(O)c1ccccc1. The third kappa shape index (κ3) is 4.62. The molecule has 0 saturated carbocycles. The molecule has 124 valence electrons. The molecular weight excluding hydrogens is 322 g/mol. The Balaban J connectivity index is 0.000000174. The molecule has 0 fully saturated rings. The smallest absolute Gasteiger partial charge is 0.374 e. The highest BCUT2D eigenvalue weighted by atomic mass is 32.2. The predicted octanol–water partition coefficient (Wildman–Crippen LogP) is 1.12. The largest absolute Gasteiger partial charge is 0.460 e. The normalized spacial score (nSPS) is 13.0. The van der Waals surface area contributed by atoms with E-state index in [0.717, 1.165) is 24.5 Å². The molecule has 8 nitrogen and oxygen atoms in total. The maximum absolute atomic E-state index is 11.2. The molecule has 3 rings (SSSR count). The van der Waals surface area contributed by atoms with E-state index in [2.05, 4.69) is 15.3 Å². The quantitative estimate of drug-likeness (QED) is 0.566. The summed E-state index contributed by atoms with van der Waals surface area (Å²) in [6, 6.07) is 7.42. The fourth-order valence-corrected chi connectivity index (χ4v) is 2.43. The zero-order chi connectivity index (χ0) is 16.9. The van der Waals surface area contributed by atoms with Crippen LogP contribution in [0.1, 0.15) is 28.9 Å². The monoisotopic (exact) mass is 339 g/mol. The lowest BCUT2D eigenvalue weighted by Gasteiger charge is -1.97. The van der Waals surface area contributed by atoms with E-state index >= 15 is 0 Å². The Morgan fingerprint density at radius 2 is 2.00 bits per heavy atom. The van der Waals surface area contributed by atoms with Crippen molar-refractivity contribution in [2.75, 3.05) is 6.61 Å². The lowest BCUT2D eigenvalue weighted by Crippen LogP contribution is -2.09. The molecule has 0 radical (unpaired) electrons. The Labute approximate surface area is 133 Å². The van der Waals surface area contributed by atoms with Gasteiger partial charge in [0.15, 0.2) is 0 Å². The summed E-state index contributed by atoms with van der Waals surface area (Å²) in [5.41, 5.74) is 1.91. The predicted molar refractivity (Wildman–Crippen MR) is 81.3 cm³/mol. The van der Waals surface area contributed by atoms with Crippen molar-refractivity contribution in [3.63, 3.8) is 0 Å². The molecule has 3 N–H and O–H groups in total. The van der Waals surface area contributed by atoms with E-state index < -0.39 is 10.1 Å². The number of hydrogen-bond donors (Lipinski definition) is 3. The molecule has 0 bridgehead atoms. The third-order valence-electron chi connectivity index (χ3n) is 2.97. The van der Waals surface area contributed by atoms with Gasteiger partial charge < -0.3 is 15.0 Å². The highest BCUT2D eigenvalue weighted by molar-refractivity contribution is 7.85. The van der Waals surface area contributed by atoms with Crippen molar-refractivity contribution in [3.8, 4) is 0 Å². The Hall–Kier alpha value is -2.23. The summed E-state index contributed by atoms with van der Waals surface area (Å²) in [5.74, 6) is -0.0646. The van der Waals surface area contributed by atoms with Crippen LogP contribution in [0.25, 0.3) is 0 Å². The zero-order valence-corrected chi connectivity index (χ0v) is 13.3. The first-order valence-electron chi connectivity index (χ1n) is 6.90. The maximum Gasteiger partial charge on any atom is 0.374 e. The van der Waals surface area contributed by atoms with E-state index in [1.807, 2.05) is 0 Å². The standard InChI is InChI=1S/C8H11N3O2.C6H6O3S/c1-2-13-8(12)7-10-5-3-9-4-6(5)11-7;7-10(8,9)6-4-2-1-3-5-6/h9H,2-4H2,1H3,(H,10,11);1-5H,(H,7,8,9). The van der Waals surface area contributed by atoms with Crippen molar-refractivity contribution < 1.29 is 22.5 Å². The van der Waals surface area contributed by atoms with Crippen LogP contribution in [0.5, 0.6) is 0 Å². The van der Waals surface area contributed by atoms with Gasteiger partial charge in [0.25, 0.3) is 10.1 Å². The number of imidazole rings is 1. The van der Waals surface area contributed by atoms with E-state index in [1.165, 1.54) is 12.1 Å². The third-order valence-corrected chi connectivity index (χ3v) is 3.84. The number of H-pyrrole nitrogens is 1. The Morgan fingerprint density at radius 1 is 1.30 bits per heavy atom. The average molecular weight is 339 g/mol. The van der Waals surface area contributed by atoms with Gasteiger partial charge in [0.05, 0.1) is 22.9 Å². The van der Waals surface area contributed by atoms with Gasteiger partial charge in [-0.1, -0.05) is 18.2 Å². The number of hydrogen-bond acceptors (Lipinski definition) is 6. The molecule has 0 spiro atoms. The zero-order valence-electron chi connectivity index (χ0n) is 12.4. The minimum Gasteiger partial charge on any atom is -0.460 e. The summed E-state index contributed by atoms with van der Waals surface area (Å²) in [4.78, 5) is 18.2. The maximum atomic E-state index is 11.2. The van der Waals surface area contributed by atoms with E-state index in [4.69, 9.17) is 9.29 Å². The number of nitrogens with one attached hydrogen (secondary N) is 2. The van der Waals surface area contributed by atoms with Crippen LogP contribution in [0.3, 0.4) is 0 Å². The summed E-state index contributed by atoms with van der Waals surface area (Å²) < 4.78 is 34.0. The first-order chi connectivity index (χ1) is 10.9. The molecule has 1 aromatic carbocycles. The van der Waals surface area contributed by atoms with Crippen LogP contribution in [0.2, 0.25) is 0 Å². The second-order valence-electron chi connectivity index (χ2n) is 4.62. The van der Waals surface area contributed by atoms with Gasteiger partial charge in [-0.15, -0.1) is 0 Å². The van der Waals surface area contributed by atoms with Crippen molar-refractivity contribution in [2.45, 2.75) is 24.9 Å². The van der Waals surface area contributed by atoms with Crippen molar-refractivity contribution in [1.29, 1.82) is 0 Å². The van der Waals surface area contributed by atoms with Gasteiger partial charge in [0.2, 0.25) is 5.82 Å². The number of carbonyl (C=O) groups excluding carboxylic acids is 1. The summed E-state index contributed by atoms with van der Waals surface area (Å²) in [5, 5.41) is 3.12. The van der Waals surface area contributed by atoms with Crippen LogP contribution in [0.15, 0.2) is 35.2 Å². The number of esters is 1. The van der Waals surface area contributed by atoms with Crippen LogP contribution in [-0.2, 0) is 27.9 Å². The first-order valence-corrected chi connectivity index (χ1v) is 8.34. The van der Waals surface area contributed by atoms with Gasteiger partial charge in [-0.25, -0.2) is 9.78 Å². The Kier molecular flexibility index (Phi) is 5.48. The van der Waals surface area contributed by atoms with Crippen molar-refractivity contribution in [1.82, 2.24) is 15.3 Å². The van der Waals surface area contributed by atoms with Gasteiger partial charge in [0, 0.05) is 13.1 Å². The summed E-state index contributed by atoms with van der Waals surface area (Å²) in [6.45, 7) is 3.63. The Morgan fingerprint density at radius 3 is 2.52 bits per heavy atom. The van der Waals surface area contributed by atoms with Gasteiger partial charge in [-0.05, 0) is 19.1 Å². The number of fused-ring (bicyclic) bond motifs is 1. The number of carbonyl (C=O) groups is 1. The number of aromatic nitrogens is 2. The summed E-state index contributed by atoms with van der Waals surface area (Å²) in [6.07, 6.45) is 0. The molecule has 1 aromatic heterocycles. The second kappa shape index (κ2) is 7.36. The molecule has 0 saturated heterocycles. The number of ether oxygens (including phenoxy) is 1. The van der Waals surface area contributed by atoms with Crippen LogP contribution < -0.4 is 5.32 Å². The fourth-order valence-electron chi connectivity index (χ4n) is 1.93. The van der Waals surface area contributed by atoms with Crippen molar-refractivity contribution in [2.24, 2.45) is 0 Å². The molecule has 0 amide bonds. The lowest BCUT2D eigenvalue weighted by molar-refractivity contribution is 0.0512. The number of aromatic amines is 1. The molecule has 23 heavy (non-hydrogen) atoms. The van der Waals surface area contributed by atoms with E-state index in [-0.39, 0.29) is 10.9 Å². The molecule has 1 aliphatic rings. The molecule has 0 aliphatic carbocycles. The highest BCUT2D eigenvalue weighted by Crippen LogP contribution is 2.12. The number of benzene rings is 1. The van der Waals surface area contributed by atoms with E-state index in [9.17, 15) is 13.2 Å². The fraction of sp³-hybridized carbons (Fsp3) is 0.286. The van der Waals surface area contributed by atoms with Crippen LogP contribution in [0, 0.1) is 0 Å². The highest BCUT2D eigenvalue weighted by Gasteiger charge is 2.19. The topological polar surface area (TPSA) is 121 Å². The molecule has 0 atom stereocenters. The van der Waals surface area contributed by atoms with Gasteiger partial charge in [0.1, 0.15) is 0 Å². The molecule has 2 aromatic rings. The molecule has 0 unspecified atom stereocenters. The Bertz CT molecular complexity index is 749. The van der Waals surface area contributed by atoms with Crippen molar-refractivity contribution >= 4 is 16.1 Å². The summed E-state index contributed by atoms with van der Waals surface area (Å²) in [7, 11) is -4.00. The second-order valence-corrected chi connectivity index (χ2v) is 6.04. The van der Waals surface area contributed by atoms with Gasteiger partial charge >= 0.3 is 5.97 Å². The van der Waals surface area contributed by atoms with Crippen LogP contribution >= 0.6 is 0 Å². The molecule has 9 heteroatoms. The van der Waals surface area contributed by atoms with E-state index in [0.29, 0.717) is 12.4 Å².